The molecule has 0 atom stereocenters. The van der Waals surface area contributed by atoms with Gasteiger partial charge in [-0.3, -0.25) is 10.4 Å². The van der Waals surface area contributed by atoms with Crippen LogP contribution < -0.4 is 16.2 Å². The summed E-state index contributed by atoms with van der Waals surface area (Å²) in [5.41, 5.74) is 3.27. The van der Waals surface area contributed by atoms with E-state index in [1.807, 2.05) is 17.9 Å². The fourth-order valence-corrected chi connectivity index (χ4v) is 1.70. The number of guanidine groups is 1. The van der Waals surface area contributed by atoms with Gasteiger partial charge in [0.2, 0.25) is 5.96 Å². The Morgan fingerprint density at radius 3 is 2.89 bits per heavy atom. The molecular formula is C13H21FN4O. The Kier molecular flexibility index (Phi) is 6.84. The lowest BCUT2D eigenvalue weighted by molar-refractivity contribution is 0.197. The molecule has 1 aromatic rings. The number of ether oxygens (including phenoxy) is 1. The van der Waals surface area contributed by atoms with Crippen LogP contribution >= 0.6 is 0 Å². The second kappa shape index (κ2) is 8.44. The van der Waals surface area contributed by atoms with E-state index in [4.69, 9.17) is 10.6 Å². The van der Waals surface area contributed by atoms with E-state index in [0.717, 1.165) is 6.42 Å². The second-order valence-corrected chi connectivity index (χ2v) is 3.92. The molecule has 5 nitrogen and oxygen atoms in total. The average molecular weight is 268 g/mol. The van der Waals surface area contributed by atoms with E-state index in [1.54, 1.807) is 13.2 Å². The number of nitrogens with two attached hydrogens (primary N) is 1. The standard InChI is InChI=1S/C13H21FN4O/c1-3-18(12-7-4-6-11(14)10-12)13(17-15)16-8-5-9-19-2/h4,6-7,10H,3,5,8-9,15H2,1-2H3,(H,16,17). The highest BCUT2D eigenvalue weighted by molar-refractivity contribution is 5.95. The third kappa shape index (κ3) is 4.84. The summed E-state index contributed by atoms with van der Waals surface area (Å²) in [7, 11) is 1.65. The number of hydrogen-bond acceptors (Lipinski definition) is 3. The summed E-state index contributed by atoms with van der Waals surface area (Å²) < 4.78 is 18.2. The first-order valence-corrected chi connectivity index (χ1v) is 6.26. The number of halogens is 1. The Morgan fingerprint density at radius 1 is 1.53 bits per heavy atom. The minimum absolute atomic E-state index is 0.285. The molecule has 0 bridgehead atoms. The minimum Gasteiger partial charge on any atom is -0.385 e. The van der Waals surface area contributed by atoms with Crippen LogP contribution in [0, 0.1) is 5.82 Å². The van der Waals surface area contributed by atoms with Gasteiger partial charge in [0, 0.05) is 32.5 Å². The highest BCUT2D eigenvalue weighted by Gasteiger charge is 2.11. The lowest BCUT2D eigenvalue weighted by Gasteiger charge is -2.24. The molecule has 106 valence electrons. The average Bonchev–Trinajstić information content (AvgIpc) is 2.42. The van der Waals surface area contributed by atoms with Crippen LogP contribution in [0.15, 0.2) is 29.3 Å². The number of hydrazine groups is 1. The van der Waals surface area contributed by atoms with E-state index < -0.39 is 0 Å². The molecule has 6 heteroatoms. The summed E-state index contributed by atoms with van der Waals surface area (Å²) in [4.78, 5) is 6.18. The lowest BCUT2D eigenvalue weighted by atomic mass is 10.3. The molecule has 0 radical (unpaired) electrons. The highest BCUT2D eigenvalue weighted by atomic mass is 19.1. The molecule has 0 spiro atoms. The van der Waals surface area contributed by atoms with Gasteiger partial charge in [-0.25, -0.2) is 10.2 Å². The van der Waals surface area contributed by atoms with E-state index in [0.29, 0.717) is 31.3 Å². The Labute approximate surface area is 113 Å². The van der Waals surface area contributed by atoms with Gasteiger partial charge in [0.25, 0.3) is 0 Å². The van der Waals surface area contributed by atoms with Crippen LogP contribution in [-0.4, -0.2) is 32.8 Å². The van der Waals surface area contributed by atoms with Crippen molar-refractivity contribution in [2.75, 3.05) is 31.7 Å². The van der Waals surface area contributed by atoms with Crippen LogP contribution in [0.4, 0.5) is 10.1 Å². The molecule has 1 aromatic carbocycles. The molecule has 0 aliphatic rings. The van der Waals surface area contributed by atoms with Gasteiger partial charge in [0.1, 0.15) is 5.82 Å². The predicted octanol–water partition coefficient (Wildman–Crippen LogP) is 1.51. The van der Waals surface area contributed by atoms with Crippen LogP contribution in [0.5, 0.6) is 0 Å². The van der Waals surface area contributed by atoms with Gasteiger partial charge in [-0.1, -0.05) is 6.07 Å². The van der Waals surface area contributed by atoms with Crippen molar-refractivity contribution in [2.45, 2.75) is 13.3 Å². The fraction of sp³-hybridized carbons (Fsp3) is 0.462. The Balaban J connectivity index is 2.80. The number of hydrogen-bond donors (Lipinski definition) is 2. The molecular weight excluding hydrogens is 247 g/mol. The molecule has 0 aliphatic heterocycles. The van der Waals surface area contributed by atoms with Gasteiger partial charge in [0.15, 0.2) is 0 Å². The Morgan fingerprint density at radius 2 is 2.32 bits per heavy atom. The van der Waals surface area contributed by atoms with Crippen molar-refractivity contribution in [3.63, 3.8) is 0 Å². The summed E-state index contributed by atoms with van der Waals surface area (Å²) in [6.07, 6.45) is 0.808. The number of nitrogens with one attached hydrogen (secondary N) is 1. The van der Waals surface area contributed by atoms with Gasteiger partial charge in [-0.15, -0.1) is 0 Å². The number of aliphatic imine (C=N–C) groups is 1. The summed E-state index contributed by atoms with van der Waals surface area (Å²) in [5.74, 6) is 5.72. The molecule has 0 aliphatic carbocycles. The van der Waals surface area contributed by atoms with Crippen LogP contribution in [0.3, 0.4) is 0 Å². The summed E-state index contributed by atoms with van der Waals surface area (Å²) in [6, 6.07) is 6.33. The molecule has 0 amide bonds. The van der Waals surface area contributed by atoms with E-state index in [9.17, 15) is 4.39 Å². The van der Waals surface area contributed by atoms with Crippen LogP contribution in [-0.2, 0) is 4.74 Å². The van der Waals surface area contributed by atoms with Gasteiger partial charge in [-0.2, -0.15) is 0 Å². The van der Waals surface area contributed by atoms with Crippen LogP contribution in [0.25, 0.3) is 0 Å². The van der Waals surface area contributed by atoms with Crippen molar-refractivity contribution in [1.29, 1.82) is 0 Å². The maximum Gasteiger partial charge on any atom is 0.212 e. The second-order valence-electron chi connectivity index (χ2n) is 3.92. The third-order valence-corrected chi connectivity index (χ3v) is 2.59. The van der Waals surface area contributed by atoms with Crippen molar-refractivity contribution in [2.24, 2.45) is 10.8 Å². The maximum atomic E-state index is 13.2. The molecule has 19 heavy (non-hydrogen) atoms. The van der Waals surface area contributed by atoms with Crippen molar-refractivity contribution >= 4 is 11.6 Å². The predicted molar refractivity (Wildman–Crippen MR) is 75.5 cm³/mol. The van der Waals surface area contributed by atoms with Crippen LogP contribution in [0.2, 0.25) is 0 Å². The van der Waals surface area contributed by atoms with E-state index in [2.05, 4.69) is 10.4 Å². The van der Waals surface area contributed by atoms with Gasteiger partial charge < -0.3 is 9.64 Å². The summed E-state index contributed by atoms with van der Waals surface area (Å²) in [6.45, 7) is 3.83. The molecule has 0 fully saturated rings. The minimum atomic E-state index is -0.285. The van der Waals surface area contributed by atoms with E-state index >= 15 is 0 Å². The van der Waals surface area contributed by atoms with E-state index in [1.165, 1.54) is 12.1 Å². The molecule has 0 unspecified atom stereocenters. The largest absolute Gasteiger partial charge is 0.385 e. The Bertz CT molecular complexity index is 411. The van der Waals surface area contributed by atoms with Gasteiger partial charge in [-0.05, 0) is 31.5 Å². The zero-order valence-corrected chi connectivity index (χ0v) is 11.4. The Hall–Kier alpha value is -1.66. The first kappa shape index (κ1) is 15.4. The molecule has 0 aromatic heterocycles. The first-order valence-electron chi connectivity index (χ1n) is 6.26. The zero-order chi connectivity index (χ0) is 14.1. The van der Waals surface area contributed by atoms with Crippen LogP contribution in [0.1, 0.15) is 13.3 Å². The third-order valence-electron chi connectivity index (χ3n) is 2.59. The SMILES string of the molecule is CCN(C(=NCCCOC)NN)c1cccc(F)c1. The quantitative estimate of drug-likeness (QED) is 0.270. The summed E-state index contributed by atoms with van der Waals surface area (Å²) >= 11 is 0. The number of benzene rings is 1. The molecule has 0 saturated carbocycles. The highest BCUT2D eigenvalue weighted by Crippen LogP contribution is 2.15. The molecule has 3 N–H and O–H groups in total. The number of nitrogens with zero attached hydrogens (tertiary/aromatic N) is 2. The monoisotopic (exact) mass is 268 g/mol. The van der Waals surface area contributed by atoms with Gasteiger partial charge >= 0.3 is 0 Å². The first-order chi connectivity index (χ1) is 9.22. The maximum absolute atomic E-state index is 13.2. The zero-order valence-electron chi connectivity index (χ0n) is 11.4. The topological polar surface area (TPSA) is 62.9 Å². The normalized spacial score (nSPS) is 11.5. The molecule has 0 saturated heterocycles. The van der Waals surface area contributed by atoms with Crippen molar-refractivity contribution in [1.82, 2.24) is 5.43 Å². The fourth-order valence-electron chi connectivity index (χ4n) is 1.70. The van der Waals surface area contributed by atoms with Crippen molar-refractivity contribution in [3.8, 4) is 0 Å². The van der Waals surface area contributed by atoms with Gasteiger partial charge in [0.05, 0.1) is 0 Å². The van der Waals surface area contributed by atoms with E-state index in [-0.39, 0.29) is 5.82 Å². The smallest absolute Gasteiger partial charge is 0.212 e. The van der Waals surface area contributed by atoms with Crippen molar-refractivity contribution < 1.29 is 9.13 Å². The number of methoxy groups -OCH3 is 1. The van der Waals surface area contributed by atoms with Crippen molar-refractivity contribution in [3.05, 3.63) is 30.1 Å². The number of anilines is 1. The molecule has 1 rings (SSSR count). The number of rotatable bonds is 6. The molecule has 0 heterocycles. The lowest BCUT2D eigenvalue weighted by Crippen LogP contribution is -2.45. The summed E-state index contributed by atoms with van der Waals surface area (Å²) in [5, 5.41) is 0.